The van der Waals surface area contributed by atoms with E-state index in [1.165, 1.54) is 5.56 Å². The van der Waals surface area contributed by atoms with Gasteiger partial charge in [-0.3, -0.25) is 0 Å². The van der Waals surface area contributed by atoms with Crippen LogP contribution in [0, 0.1) is 0 Å². The molecule has 0 aliphatic carbocycles. The molecule has 0 N–H and O–H groups in total. The Hall–Kier alpha value is -2.71. The van der Waals surface area contributed by atoms with E-state index in [4.69, 9.17) is 11.6 Å². The van der Waals surface area contributed by atoms with Crippen LogP contribution in [0.1, 0.15) is 0 Å². The number of nitrogens with zero attached hydrogens (tertiary/aromatic N) is 2. The van der Waals surface area contributed by atoms with Gasteiger partial charge in [0.25, 0.3) is 0 Å². The zero-order valence-electron chi connectivity index (χ0n) is 12.5. The van der Waals surface area contributed by atoms with Crippen molar-refractivity contribution in [1.82, 2.24) is 9.97 Å². The number of hydrogen-bond donors (Lipinski definition) is 0. The van der Waals surface area contributed by atoms with Crippen LogP contribution in [0.4, 0.5) is 0 Å². The van der Waals surface area contributed by atoms with Crippen LogP contribution in [0.25, 0.3) is 35.0 Å². The summed E-state index contributed by atoms with van der Waals surface area (Å²) in [5.41, 5.74) is 4.05. The van der Waals surface area contributed by atoms with E-state index in [-0.39, 0.29) is 5.28 Å². The summed E-state index contributed by atoms with van der Waals surface area (Å²) in [6, 6.07) is 18.4. The Morgan fingerprint density at radius 2 is 1.43 bits per heavy atom. The van der Waals surface area contributed by atoms with Crippen molar-refractivity contribution < 1.29 is 0 Å². The van der Waals surface area contributed by atoms with Gasteiger partial charge in [0.05, 0.1) is 11.0 Å². The second-order valence-corrected chi connectivity index (χ2v) is 5.39. The lowest BCUT2D eigenvalue weighted by atomic mass is 10.0. The van der Waals surface area contributed by atoms with Gasteiger partial charge in [-0.1, -0.05) is 79.9 Å². The zero-order valence-corrected chi connectivity index (χ0v) is 13.3. The molecule has 0 amide bonds. The largest absolute Gasteiger partial charge is 0.223 e. The molecule has 0 atom stereocenters. The Morgan fingerprint density at radius 3 is 2.09 bits per heavy atom. The normalized spacial score (nSPS) is 11.4. The number of allylic oxidation sites excluding steroid dienone is 1. The maximum atomic E-state index is 6.00. The second kappa shape index (κ2) is 6.59. The van der Waals surface area contributed by atoms with Gasteiger partial charge in [0.1, 0.15) is 0 Å². The molecule has 0 radical (unpaired) electrons. The molecule has 3 aromatic rings. The van der Waals surface area contributed by atoms with Crippen LogP contribution in [0.15, 0.2) is 67.3 Å². The van der Waals surface area contributed by atoms with Crippen molar-refractivity contribution in [3.05, 3.63) is 83.1 Å². The summed E-state index contributed by atoms with van der Waals surface area (Å²) in [6.45, 7) is 7.67. The van der Waals surface area contributed by atoms with Crippen molar-refractivity contribution in [2.75, 3.05) is 0 Å². The molecule has 1 heterocycles. The number of benzene rings is 2. The van der Waals surface area contributed by atoms with Gasteiger partial charge in [-0.15, -0.1) is 0 Å². The SMILES string of the molecule is C=C/C=c1/c(-c2ccc(-c3ccccc3)cc2)nc(Cl)nc1=C. The summed E-state index contributed by atoms with van der Waals surface area (Å²) < 4.78 is 0. The fourth-order valence-electron chi connectivity index (χ4n) is 2.45. The van der Waals surface area contributed by atoms with E-state index in [9.17, 15) is 0 Å². The van der Waals surface area contributed by atoms with Crippen LogP contribution >= 0.6 is 11.6 Å². The Morgan fingerprint density at radius 1 is 0.826 bits per heavy atom. The van der Waals surface area contributed by atoms with Gasteiger partial charge in [0.15, 0.2) is 0 Å². The molecule has 0 unspecified atom stereocenters. The number of rotatable bonds is 3. The summed E-state index contributed by atoms with van der Waals surface area (Å²) in [6.07, 6.45) is 3.54. The van der Waals surface area contributed by atoms with Crippen molar-refractivity contribution in [2.45, 2.75) is 0 Å². The van der Waals surface area contributed by atoms with Gasteiger partial charge in [0, 0.05) is 10.8 Å². The Labute approximate surface area is 140 Å². The molecule has 2 aromatic carbocycles. The van der Waals surface area contributed by atoms with Gasteiger partial charge in [-0.2, -0.15) is 0 Å². The van der Waals surface area contributed by atoms with Crippen molar-refractivity contribution >= 4 is 24.3 Å². The maximum Gasteiger partial charge on any atom is 0.223 e. The minimum Gasteiger partial charge on any atom is -0.218 e. The van der Waals surface area contributed by atoms with Gasteiger partial charge in [-0.25, -0.2) is 9.97 Å². The predicted molar refractivity (Wildman–Crippen MR) is 97.3 cm³/mol. The fourth-order valence-corrected chi connectivity index (χ4v) is 2.64. The first kappa shape index (κ1) is 15.2. The number of hydrogen-bond acceptors (Lipinski definition) is 2. The van der Waals surface area contributed by atoms with Crippen LogP contribution < -0.4 is 10.6 Å². The van der Waals surface area contributed by atoms with Crippen molar-refractivity contribution in [3.8, 4) is 22.4 Å². The molecule has 3 rings (SSSR count). The highest BCUT2D eigenvalue weighted by Crippen LogP contribution is 2.22. The van der Waals surface area contributed by atoms with Gasteiger partial charge in [0.2, 0.25) is 5.28 Å². The molecule has 0 saturated carbocycles. The van der Waals surface area contributed by atoms with Crippen molar-refractivity contribution in [3.63, 3.8) is 0 Å². The molecule has 23 heavy (non-hydrogen) atoms. The summed E-state index contributed by atoms with van der Waals surface area (Å²) in [5, 5.41) is 1.61. The minimum absolute atomic E-state index is 0.193. The summed E-state index contributed by atoms with van der Waals surface area (Å²) in [4.78, 5) is 8.47. The lowest BCUT2D eigenvalue weighted by Crippen LogP contribution is -2.30. The third-order valence-corrected chi connectivity index (χ3v) is 3.72. The summed E-state index contributed by atoms with van der Waals surface area (Å²) in [7, 11) is 0. The minimum atomic E-state index is 0.193. The molecule has 0 saturated heterocycles. The van der Waals surface area contributed by atoms with Crippen LogP contribution in [-0.4, -0.2) is 9.97 Å². The number of halogens is 1. The fraction of sp³-hybridized carbons (Fsp3) is 0. The van der Waals surface area contributed by atoms with E-state index >= 15 is 0 Å². The van der Waals surface area contributed by atoms with Crippen LogP contribution in [0.2, 0.25) is 5.28 Å². The molecule has 112 valence electrons. The molecule has 0 spiro atoms. The topological polar surface area (TPSA) is 25.8 Å². The van der Waals surface area contributed by atoms with Crippen LogP contribution in [-0.2, 0) is 0 Å². The maximum absolute atomic E-state index is 6.00. The van der Waals surface area contributed by atoms with Gasteiger partial charge in [-0.05, 0) is 22.7 Å². The zero-order chi connectivity index (χ0) is 16.2. The van der Waals surface area contributed by atoms with E-state index in [0.29, 0.717) is 5.35 Å². The highest BCUT2D eigenvalue weighted by molar-refractivity contribution is 6.28. The molecule has 0 aliphatic heterocycles. The van der Waals surface area contributed by atoms with Gasteiger partial charge < -0.3 is 0 Å². The first-order valence-corrected chi connectivity index (χ1v) is 7.58. The molecular formula is C20H15ClN2. The monoisotopic (exact) mass is 318 g/mol. The standard InChI is InChI=1S/C20H15ClN2/c1-3-7-18-14(2)22-20(21)23-19(18)17-12-10-16(11-13-17)15-8-5-4-6-9-15/h3-13H,1-2H2/b18-7+. The third kappa shape index (κ3) is 3.22. The molecular weight excluding hydrogens is 304 g/mol. The van der Waals surface area contributed by atoms with Crippen molar-refractivity contribution in [1.29, 1.82) is 0 Å². The molecule has 0 fully saturated rings. The summed E-state index contributed by atoms with van der Waals surface area (Å²) >= 11 is 6.00. The first-order chi connectivity index (χ1) is 11.2. The van der Waals surface area contributed by atoms with Crippen LogP contribution in [0.5, 0.6) is 0 Å². The second-order valence-electron chi connectivity index (χ2n) is 5.05. The van der Waals surface area contributed by atoms with E-state index in [1.54, 1.807) is 6.08 Å². The van der Waals surface area contributed by atoms with Crippen LogP contribution in [0.3, 0.4) is 0 Å². The average Bonchev–Trinajstić information content (AvgIpc) is 2.58. The van der Waals surface area contributed by atoms with Crippen molar-refractivity contribution in [2.24, 2.45) is 0 Å². The van der Waals surface area contributed by atoms with E-state index in [2.05, 4.69) is 47.4 Å². The molecule has 2 nitrogen and oxygen atoms in total. The Kier molecular flexibility index (Phi) is 4.35. The molecule has 0 bridgehead atoms. The highest BCUT2D eigenvalue weighted by atomic mass is 35.5. The van der Waals surface area contributed by atoms with Gasteiger partial charge >= 0.3 is 0 Å². The first-order valence-electron chi connectivity index (χ1n) is 7.20. The van der Waals surface area contributed by atoms with E-state index in [0.717, 1.165) is 22.0 Å². The number of aromatic nitrogens is 2. The van der Waals surface area contributed by atoms with E-state index < -0.39 is 0 Å². The smallest absolute Gasteiger partial charge is 0.218 e. The molecule has 0 aliphatic rings. The molecule has 1 aromatic heterocycles. The average molecular weight is 319 g/mol. The summed E-state index contributed by atoms with van der Waals surface area (Å²) in [5.74, 6) is 0. The molecule has 3 heteroatoms. The highest BCUT2D eigenvalue weighted by Gasteiger charge is 2.06. The quantitative estimate of drug-likeness (QED) is 0.686. The lowest BCUT2D eigenvalue weighted by molar-refractivity contribution is 1.11. The Bertz CT molecular complexity index is 945. The predicted octanol–water partition coefficient (Wildman–Crippen LogP) is 3.84. The Balaban J connectivity index is 2.12. The van der Waals surface area contributed by atoms with E-state index in [1.807, 2.05) is 36.4 Å². The lowest BCUT2D eigenvalue weighted by Gasteiger charge is -2.06. The third-order valence-electron chi connectivity index (χ3n) is 3.55.